The molecule has 0 amide bonds. The van der Waals surface area contributed by atoms with Gasteiger partial charge in [0, 0.05) is 11.9 Å². The van der Waals surface area contributed by atoms with E-state index < -0.39 is 9.84 Å². The molecule has 0 radical (unpaired) electrons. The molecule has 1 aromatic heterocycles. The summed E-state index contributed by atoms with van der Waals surface area (Å²) in [6, 6.07) is 3.77. The van der Waals surface area contributed by atoms with Gasteiger partial charge in [0.25, 0.3) is 0 Å². The van der Waals surface area contributed by atoms with Gasteiger partial charge in [0.1, 0.15) is 6.07 Å². The van der Waals surface area contributed by atoms with Gasteiger partial charge in [0.05, 0.1) is 16.6 Å². The summed E-state index contributed by atoms with van der Waals surface area (Å²) < 4.78 is 23.5. The van der Waals surface area contributed by atoms with Crippen LogP contribution in [0.2, 0.25) is 0 Å². The fourth-order valence-electron chi connectivity index (χ4n) is 2.18. The van der Waals surface area contributed by atoms with Crippen LogP contribution in [-0.4, -0.2) is 24.4 Å². The lowest BCUT2D eigenvalue weighted by atomic mass is 10.0. The van der Waals surface area contributed by atoms with Crippen molar-refractivity contribution in [3.05, 3.63) is 29.1 Å². The molecule has 1 unspecified atom stereocenters. The molecule has 1 aromatic rings. The molecule has 5 heteroatoms. The van der Waals surface area contributed by atoms with Gasteiger partial charge in [-0.2, -0.15) is 5.26 Å². The van der Waals surface area contributed by atoms with Crippen LogP contribution in [0.4, 0.5) is 0 Å². The highest BCUT2D eigenvalue weighted by Gasteiger charge is 2.31. The molecule has 1 atom stereocenters. The highest BCUT2D eigenvalue weighted by molar-refractivity contribution is 7.92. The van der Waals surface area contributed by atoms with Gasteiger partial charge in [-0.3, -0.25) is 4.98 Å². The second kappa shape index (κ2) is 4.46. The van der Waals surface area contributed by atoms with Crippen LogP contribution in [-0.2, 0) is 16.3 Å². The highest BCUT2D eigenvalue weighted by Crippen LogP contribution is 2.24. The summed E-state index contributed by atoms with van der Waals surface area (Å²) in [4.78, 5) is 4.12. The molecule has 1 aliphatic rings. The van der Waals surface area contributed by atoms with Crippen LogP contribution in [0.5, 0.6) is 0 Å². The topological polar surface area (TPSA) is 70.8 Å². The van der Waals surface area contributed by atoms with Gasteiger partial charge in [0.15, 0.2) is 9.84 Å². The van der Waals surface area contributed by atoms with E-state index in [0.29, 0.717) is 17.7 Å². The quantitative estimate of drug-likeness (QED) is 0.795. The minimum atomic E-state index is -2.93. The first-order valence-corrected chi connectivity index (χ1v) is 7.31. The molecule has 0 spiro atoms. The summed E-state index contributed by atoms with van der Waals surface area (Å²) in [6.07, 6.45) is 3.47. The van der Waals surface area contributed by atoms with Gasteiger partial charge >= 0.3 is 0 Å². The van der Waals surface area contributed by atoms with Crippen molar-refractivity contribution in [2.24, 2.45) is 0 Å². The van der Waals surface area contributed by atoms with Crippen molar-refractivity contribution in [3.63, 3.8) is 0 Å². The van der Waals surface area contributed by atoms with Crippen LogP contribution in [0.25, 0.3) is 0 Å². The number of nitrogens with zero attached hydrogens (tertiary/aromatic N) is 2. The minimum Gasteiger partial charge on any atom is -0.260 e. The number of rotatable bonds is 2. The van der Waals surface area contributed by atoms with Crippen molar-refractivity contribution in [1.82, 2.24) is 4.98 Å². The molecule has 1 fully saturated rings. The largest absolute Gasteiger partial charge is 0.260 e. The molecule has 0 aromatic carbocycles. The van der Waals surface area contributed by atoms with Crippen molar-refractivity contribution < 1.29 is 8.42 Å². The summed E-state index contributed by atoms with van der Waals surface area (Å²) in [5.41, 5.74) is 2.17. The lowest BCUT2D eigenvalue weighted by molar-refractivity contribution is 0.588. The Morgan fingerprint density at radius 1 is 1.59 bits per heavy atom. The number of nitriles is 1. The van der Waals surface area contributed by atoms with Gasteiger partial charge in [-0.15, -0.1) is 0 Å². The third-order valence-corrected chi connectivity index (χ3v) is 5.51. The molecule has 1 aliphatic heterocycles. The number of aromatic nitrogens is 1. The van der Waals surface area contributed by atoms with Gasteiger partial charge in [-0.05, 0) is 37.8 Å². The van der Waals surface area contributed by atoms with Crippen LogP contribution >= 0.6 is 0 Å². The lowest BCUT2D eigenvalue weighted by Crippen LogP contribution is -2.19. The van der Waals surface area contributed by atoms with E-state index in [1.807, 2.05) is 13.0 Å². The zero-order chi connectivity index (χ0) is 12.5. The fraction of sp³-hybridized carbons (Fsp3) is 0.500. The predicted octanol–water partition coefficient (Wildman–Crippen LogP) is 1.38. The minimum absolute atomic E-state index is 0.294. The summed E-state index contributed by atoms with van der Waals surface area (Å²) in [5, 5.41) is 8.51. The van der Waals surface area contributed by atoms with E-state index in [1.165, 1.54) is 6.20 Å². The van der Waals surface area contributed by atoms with Gasteiger partial charge in [-0.1, -0.05) is 0 Å². The standard InChI is InChI=1S/C12H14N2O2S/c1-9-11(5-10(7-13)8-14-9)6-12-3-2-4-17(12,15)16/h5,8,12H,2-4,6H2,1H3. The van der Waals surface area contributed by atoms with Crippen molar-refractivity contribution in [2.45, 2.75) is 31.4 Å². The Morgan fingerprint density at radius 2 is 2.35 bits per heavy atom. The molecule has 90 valence electrons. The molecule has 0 bridgehead atoms. The molecular formula is C12H14N2O2S. The number of hydrogen-bond acceptors (Lipinski definition) is 4. The Labute approximate surface area is 101 Å². The molecule has 0 N–H and O–H groups in total. The van der Waals surface area contributed by atoms with Crippen LogP contribution in [0.15, 0.2) is 12.3 Å². The van der Waals surface area contributed by atoms with E-state index in [4.69, 9.17) is 5.26 Å². The molecule has 2 heterocycles. The van der Waals surface area contributed by atoms with E-state index in [-0.39, 0.29) is 5.25 Å². The first kappa shape index (κ1) is 12.1. The Bertz CT molecular complexity index is 573. The predicted molar refractivity (Wildman–Crippen MR) is 64.2 cm³/mol. The zero-order valence-corrected chi connectivity index (χ0v) is 10.5. The molecule has 0 saturated carbocycles. The van der Waals surface area contributed by atoms with Crippen LogP contribution in [0.3, 0.4) is 0 Å². The molecule has 4 nitrogen and oxygen atoms in total. The van der Waals surface area contributed by atoms with Crippen molar-refractivity contribution in [3.8, 4) is 6.07 Å². The smallest absolute Gasteiger partial charge is 0.153 e. The normalized spacial score (nSPS) is 22.2. The Hall–Kier alpha value is -1.41. The van der Waals surface area contributed by atoms with Crippen LogP contribution < -0.4 is 0 Å². The molecule has 1 saturated heterocycles. The Kier molecular flexibility index (Phi) is 3.16. The third kappa shape index (κ3) is 2.47. The molecule has 0 aliphatic carbocycles. The van der Waals surface area contributed by atoms with Gasteiger partial charge in [-0.25, -0.2) is 8.42 Å². The third-order valence-electron chi connectivity index (χ3n) is 3.23. The van der Waals surface area contributed by atoms with Crippen LogP contribution in [0, 0.1) is 18.3 Å². The van der Waals surface area contributed by atoms with Crippen molar-refractivity contribution in [1.29, 1.82) is 5.26 Å². The molecule has 2 rings (SSSR count). The summed E-state index contributed by atoms with van der Waals surface area (Å²) in [5.74, 6) is 0.294. The summed E-state index contributed by atoms with van der Waals surface area (Å²) in [7, 11) is -2.93. The molecule has 17 heavy (non-hydrogen) atoms. The fourth-order valence-corrected chi connectivity index (χ4v) is 4.04. The average Bonchev–Trinajstić information content (AvgIpc) is 2.61. The van der Waals surface area contributed by atoms with Crippen molar-refractivity contribution in [2.75, 3.05) is 5.75 Å². The van der Waals surface area contributed by atoms with Gasteiger partial charge in [0.2, 0.25) is 0 Å². The van der Waals surface area contributed by atoms with E-state index in [1.54, 1.807) is 6.07 Å². The maximum atomic E-state index is 11.7. The number of aryl methyl sites for hydroxylation is 1. The highest BCUT2D eigenvalue weighted by atomic mass is 32.2. The summed E-state index contributed by atoms with van der Waals surface area (Å²) in [6.45, 7) is 1.85. The Morgan fingerprint density at radius 3 is 2.94 bits per heavy atom. The van der Waals surface area contributed by atoms with E-state index in [0.717, 1.165) is 24.1 Å². The van der Waals surface area contributed by atoms with E-state index in [9.17, 15) is 8.42 Å². The number of sulfone groups is 1. The average molecular weight is 250 g/mol. The second-order valence-corrected chi connectivity index (χ2v) is 6.82. The lowest BCUT2D eigenvalue weighted by Gasteiger charge is -2.11. The summed E-state index contributed by atoms with van der Waals surface area (Å²) >= 11 is 0. The zero-order valence-electron chi connectivity index (χ0n) is 9.68. The van der Waals surface area contributed by atoms with Gasteiger partial charge < -0.3 is 0 Å². The first-order chi connectivity index (χ1) is 8.03. The van der Waals surface area contributed by atoms with E-state index in [2.05, 4.69) is 4.98 Å². The maximum Gasteiger partial charge on any atom is 0.153 e. The SMILES string of the molecule is Cc1ncc(C#N)cc1CC1CCCS1(=O)=O. The first-order valence-electron chi connectivity index (χ1n) is 5.60. The monoisotopic (exact) mass is 250 g/mol. The molecular weight excluding hydrogens is 236 g/mol. The number of hydrogen-bond donors (Lipinski definition) is 0. The number of pyridine rings is 1. The van der Waals surface area contributed by atoms with Crippen molar-refractivity contribution >= 4 is 9.84 Å². The van der Waals surface area contributed by atoms with Crippen LogP contribution in [0.1, 0.15) is 29.7 Å². The Balaban J connectivity index is 2.28. The maximum absolute atomic E-state index is 11.7. The van der Waals surface area contributed by atoms with E-state index >= 15 is 0 Å². The second-order valence-electron chi connectivity index (χ2n) is 4.42.